The molecular formula is C12H24N2O3. The predicted molar refractivity (Wildman–Crippen MR) is 67.0 cm³/mol. The second-order valence-electron chi connectivity index (χ2n) is 4.79. The van der Waals surface area contributed by atoms with E-state index >= 15 is 0 Å². The molecule has 0 fully saturated rings. The van der Waals surface area contributed by atoms with Gasteiger partial charge < -0.3 is 15.3 Å². The summed E-state index contributed by atoms with van der Waals surface area (Å²) in [6.45, 7) is 8.62. The molecule has 0 aromatic heterocycles. The summed E-state index contributed by atoms with van der Waals surface area (Å²) < 4.78 is 0. The Balaban J connectivity index is 4.29. The highest BCUT2D eigenvalue weighted by Crippen LogP contribution is 2.11. The Hall–Kier alpha value is -1.26. The van der Waals surface area contributed by atoms with Crippen molar-refractivity contribution in [1.29, 1.82) is 0 Å². The van der Waals surface area contributed by atoms with Gasteiger partial charge in [-0.1, -0.05) is 13.3 Å². The van der Waals surface area contributed by atoms with E-state index in [-0.39, 0.29) is 24.5 Å². The van der Waals surface area contributed by atoms with Crippen LogP contribution in [-0.2, 0) is 4.79 Å². The van der Waals surface area contributed by atoms with Crippen LogP contribution in [0.3, 0.4) is 0 Å². The summed E-state index contributed by atoms with van der Waals surface area (Å²) in [6.07, 6.45) is 1.87. The average molecular weight is 244 g/mol. The highest BCUT2D eigenvalue weighted by molar-refractivity contribution is 5.76. The molecule has 2 N–H and O–H groups in total. The Labute approximate surface area is 103 Å². The lowest BCUT2D eigenvalue weighted by molar-refractivity contribution is -0.137. The Morgan fingerprint density at radius 1 is 1.29 bits per heavy atom. The second kappa shape index (κ2) is 7.14. The van der Waals surface area contributed by atoms with E-state index in [2.05, 4.69) is 12.2 Å². The summed E-state index contributed by atoms with van der Waals surface area (Å²) in [5.74, 6) is -0.885. The first-order valence-corrected chi connectivity index (χ1v) is 6.11. The molecular weight excluding hydrogens is 220 g/mol. The SMILES string of the molecule is CCCC(C)(C)NC(=O)N(CC)CCC(=O)O. The summed E-state index contributed by atoms with van der Waals surface area (Å²) in [5, 5.41) is 11.5. The van der Waals surface area contributed by atoms with Gasteiger partial charge in [0, 0.05) is 18.6 Å². The number of nitrogens with zero attached hydrogens (tertiary/aromatic N) is 1. The molecule has 2 amide bonds. The van der Waals surface area contributed by atoms with Gasteiger partial charge in [0.05, 0.1) is 6.42 Å². The lowest BCUT2D eigenvalue weighted by Crippen LogP contribution is -2.50. The predicted octanol–water partition coefficient (Wildman–Crippen LogP) is 2.07. The van der Waals surface area contributed by atoms with Gasteiger partial charge in [0.25, 0.3) is 0 Å². The number of hydrogen-bond acceptors (Lipinski definition) is 2. The van der Waals surface area contributed by atoms with Gasteiger partial charge in [0.15, 0.2) is 0 Å². The minimum Gasteiger partial charge on any atom is -0.481 e. The molecule has 5 nitrogen and oxygen atoms in total. The van der Waals surface area contributed by atoms with E-state index in [1.54, 1.807) is 0 Å². The van der Waals surface area contributed by atoms with Crippen molar-refractivity contribution in [3.63, 3.8) is 0 Å². The molecule has 0 aliphatic heterocycles. The number of carbonyl (C=O) groups excluding carboxylic acids is 1. The van der Waals surface area contributed by atoms with E-state index in [1.807, 2.05) is 20.8 Å². The quantitative estimate of drug-likeness (QED) is 0.720. The summed E-state index contributed by atoms with van der Waals surface area (Å²) in [6, 6.07) is -0.188. The first-order valence-electron chi connectivity index (χ1n) is 6.11. The van der Waals surface area contributed by atoms with E-state index in [9.17, 15) is 9.59 Å². The lowest BCUT2D eigenvalue weighted by Gasteiger charge is -2.30. The normalized spacial score (nSPS) is 11.1. The van der Waals surface area contributed by atoms with Crippen molar-refractivity contribution in [2.24, 2.45) is 0 Å². The fraction of sp³-hybridized carbons (Fsp3) is 0.833. The number of urea groups is 1. The van der Waals surface area contributed by atoms with Crippen LogP contribution in [-0.4, -0.2) is 40.6 Å². The van der Waals surface area contributed by atoms with E-state index < -0.39 is 5.97 Å². The maximum absolute atomic E-state index is 11.9. The molecule has 0 heterocycles. The average Bonchev–Trinajstić information content (AvgIpc) is 2.16. The third kappa shape index (κ3) is 6.81. The molecule has 0 aromatic carbocycles. The molecule has 0 spiro atoms. The topological polar surface area (TPSA) is 69.6 Å². The van der Waals surface area contributed by atoms with Gasteiger partial charge in [-0.05, 0) is 27.2 Å². The molecule has 0 unspecified atom stereocenters. The van der Waals surface area contributed by atoms with Crippen molar-refractivity contribution >= 4 is 12.0 Å². The maximum atomic E-state index is 11.9. The zero-order valence-corrected chi connectivity index (χ0v) is 11.2. The molecule has 0 aromatic rings. The summed E-state index contributed by atoms with van der Waals surface area (Å²) in [5.41, 5.74) is -0.248. The third-order valence-electron chi connectivity index (χ3n) is 2.58. The number of carboxylic acids is 1. The van der Waals surface area contributed by atoms with Crippen molar-refractivity contribution in [3.05, 3.63) is 0 Å². The standard InChI is InChI=1S/C12H24N2O3/c1-5-8-12(3,4)13-11(17)14(6-2)9-7-10(15)16/h5-9H2,1-4H3,(H,13,17)(H,15,16). The van der Waals surface area contributed by atoms with Crippen LogP contribution < -0.4 is 5.32 Å². The molecule has 0 aliphatic rings. The first-order chi connectivity index (χ1) is 7.82. The van der Waals surface area contributed by atoms with Crippen LogP contribution in [0.1, 0.15) is 47.0 Å². The summed E-state index contributed by atoms with van der Waals surface area (Å²) >= 11 is 0. The molecule has 0 atom stereocenters. The Kier molecular flexibility index (Phi) is 6.61. The van der Waals surface area contributed by atoms with Crippen LogP contribution in [0.15, 0.2) is 0 Å². The highest BCUT2D eigenvalue weighted by atomic mass is 16.4. The maximum Gasteiger partial charge on any atom is 0.317 e. The number of nitrogens with one attached hydrogen (secondary N) is 1. The van der Waals surface area contributed by atoms with Crippen LogP contribution >= 0.6 is 0 Å². The molecule has 0 aliphatic carbocycles. The van der Waals surface area contributed by atoms with Crippen LogP contribution in [0.25, 0.3) is 0 Å². The number of carbonyl (C=O) groups is 2. The minimum absolute atomic E-state index is 0.0184. The minimum atomic E-state index is -0.885. The summed E-state index contributed by atoms with van der Waals surface area (Å²) in [7, 11) is 0. The van der Waals surface area contributed by atoms with E-state index in [1.165, 1.54) is 4.90 Å². The zero-order chi connectivity index (χ0) is 13.5. The Morgan fingerprint density at radius 2 is 1.88 bits per heavy atom. The molecule has 0 radical (unpaired) electrons. The van der Waals surface area contributed by atoms with Crippen molar-refractivity contribution < 1.29 is 14.7 Å². The Morgan fingerprint density at radius 3 is 2.29 bits per heavy atom. The van der Waals surface area contributed by atoms with Crippen LogP contribution in [0.2, 0.25) is 0 Å². The van der Waals surface area contributed by atoms with Gasteiger partial charge in [-0.25, -0.2) is 4.79 Å². The first kappa shape index (κ1) is 15.7. The number of aliphatic carboxylic acids is 1. The van der Waals surface area contributed by atoms with Crippen LogP contribution in [0.5, 0.6) is 0 Å². The molecule has 5 heteroatoms. The zero-order valence-electron chi connectivity index (χ0n) is 11.2. The molecule has 100 valence electrons. The van der Waals surface area contributed by atoms with E-state index in [4.69, 9.17) is 5.11 Å². The number of amides is 2. The largest absolute Gasteiger partial charge is 0.481 e. The number of rotatable bonds is 7. The molecule has 17 heavy (non-hydrogen) atoms. The third-order valence-corrected chi connectivity index (χ3v) is 2.58. The van der Waals surface area contributed by atoms with Gasteiger partial charge in [0.1, 0.15) is 0 Å². The number of carboxylic acid groups (broad SMARTS) is 1. The van der Waals surface area contributed by atoms with Crippen molar-refractivity contribution in [1.82, 2.24) is 10.2 Å². The van der Waals surface area contributed by atoms with Crippen LogP contribution in [0, 0.1) is 0 Å². The van der Waals surface area contributed by atoms with Gasteiger partial charge in [-0.2, -0.15) is 0 Å². The Bertz CT molecular complexity index is 264. The van der Waals surface area contributed by atoms with Gasteiger partial charge in [0.2, 0.25) is 0 Å². The van der Waals surface area contributed by atoms with E-state index in [0.29, 0.717) is 6.54 Å². The van der Waals surface area contributed by atoms with Crippen LogP contribution in [0.4, 0.5) is 4.79 Å². The monoisotopic (exact) mass is 244 g/mol. The van der Waals surface area contributed by atoms with Gasteiger partial charge in [-0.3, -0.25) is 4.79 Å². The molecule has 0 bridgehead atoms. The van der Waals surface area contributed by atoms with Crippen molar-refractivity contribution in [2.45, 2.75) is 52.5 Å². The fourth-order valence-electron chi connectivity index (χ4n) is 1.69. The molecule has 0 saturated carbocycles. The van der Waals surface area contributed by atoms with Gasteiger partial charge >= 0.3 is 12.0 Å². The lowest BCUT2D eigenvalue weighted by atomic mass is 9.99. The molecule has 0 rings (SSSR count). The smallest absolute Gasteiger partial charge is 0.317 e. The second-order valence-corrected chi connectivity index (χ2v) is 4.79. The fourth-order valence-corrected chi connectivity index (χ4v) is 1.69. The summed E-state index contributed by atoms with van der Waals surface area (Å²) in [4.78, 5) is 23.9. The molecule has 0 saturated heterocycles. The van der Waals surface area contributed by atoms with Crippen molar-refractivity contribution in [3.8, 4) is 0 Å². The highest BCUT2D eigenvalue weighted by Gasteiger charge is 2.22. The number of hydrogen-bond donors (Lipinski definition) is 2. The van der Waals surface area contributed by atoms with Crippen molar-refractivity contribution in [2.75, 3.05) is 13.1 Å². The van der Waals surface area contributed by atoms with Gasteiger partial charge in [-0.15, -0.1) is 0 Å². The van der Waals surface area contributed by atoms with E-state index in [0.717, 1.165) is 12.8 Å².